The van der Waals surface area contributed by atoms with Gasteiger partial charge in [0.1, 0.15) is 24.1 Å². The summed E-state index contributed by atoms with van der Waals surface area (Å²) >= 11 is 1.19. The first kappa shape index (κ1) is 29.0. The largest absolute Gasteiger partial charge is 0.444 e. The molecule has 3 rings (SSSR count). The zero-order chi connectivity index (χ0) is 28.1. The summed E-state index contributed by atoms with van der Waals surface area (Å²) in [7, 11) is 0. The van der Waals surface area contributed by atoms with Gasteiger partial charge < -0.3 is 14.8 Å². The quantitative estimate of drug-likeness (QED) is 0.350. The second-order valence-corrected chi connectivity index (χ2v) is 10.7. The van der Waals surface area contributed by atoms with Crippen molar-refractivity contribution in [1.29, 1.82) is 5.41 Å². The van der Waals surface area contributed by atoms with Gasteiger partial charge in [0, 0.05) is 22.4 Å². The summed E-state index contributed by atoms with van der Waals surface area (Å²) in [6.07, 6.45) is -6.92. The molecule has 2 heterocycles. The highest BCUT2D eigenvalue weighted by molar-refractivity contribution is 7.10. The lowest BCUT2D eigenvalue weighted by Crippen LogP contribution is -2.47. The molecule has 2 aromatic rings. The van der Waals surface area contributed by atoms with Gasteiger partial charge in [-0.15, -0.1) is 11.3 Å². The molecule has 1 aromatic carbocycles. The van der Waals surface area contributed by atoms with E-state index in [1.807, 2.05) is 6.07 Å². The monoisotopic (exact) mass is 554 g/mol. The van der Waals surface area contributed by atoms with Gasteiger partial charge in [-0.1, -0.05) is 30.3 Å². The van der Waals surface area contributed by atoms with Crippen LogP contribution < -0.4 is 10.6 Å². The minimum absolute atomic E-state index is 0.0371. The summed E-state index contributed by atoms with van der Waals surface area (Å²) < 4.78 is 50.4. The molecule has 206 valence electrons. The number of carbonyl (C=O) groups excluding carboxylic acids is 3. The van der Waals surface area contributed by atoms with Crippen LogP contribution in [-0.2, 0) is 27.4 Å². The number of carbonyl (C=O) groups is 3. The maximum absolute atomic E-state index is 13.4. The molecule has 9 nitrogen and oxygen atoms in total. The molecule has 3 amide bonds. The Morgan fingerprint density at radius 1 is 1.16 bits per heavy atom. The zero-order valence-electron chi connectivity index (χ0n) is 21.1. The molecule has 0 aliphatic carbocycles. The second-order valence-electron chi connectivity index (χ2n) is 9.70. The number of amidine groups is 1. The number of benzene rings is 1. The van der Waals surface area contributed by atoms with Crippen molar-refractivity contribution in [3.05, 3.63) is 57.8 Å². The third kappa shape index (κ3) is 8.20. The van der Waals surface area contributed by atoms with Crippen LogP contribution >= 0.6 is 11.3 Å². The molecule has 1 aromatic heterocycles. The predicted octanol–water partition coefficient (Wildman–Crippen LogP) is 4.80. The van der Waals surface area contributed by atoms with Crippen LogP contribution in [0.25, 0.3) is 0 Å². The third-order valence-corrected chi connectivity index (χ3v) is 6.45. The first-order valence-corrected chi connectivity index (χ1v) is 12.6. The van der Waals surface area contributed by atoms with E-state index in [4.69, 9.17) is 14.9 Å². The molecule has 1 fully saturated rings. The Labute approximate surface area is 221 Å². The summed E-state index contributed by atoms with van der Waals surface area (Å²) in [5.74, 6) is -2.79. The fraction of sp³-hybridized carbons (Fsp3) is 0.440. The molecule has 0 spiro atoms. The Morgan fingerprint density at radius 3 is 2.47 bits per heavy atom. The molecule has 2 atom stereocenters. The van der Waals surface area contributed by atoms with Gasteiger partial charge in [0.15, 0.2) is 0 Å². The van der Waals surface area contributed by atoms with Crippen molar-refractivity contribution >= 4 is 35.3 Å². The molecule has 1 saturated heterocycles. The first-order chi connectivity index (χ1) is 17.7. The van der Waals surface area contributed by atoms with Gasteiger partial charge in [-0.25, -0.2) is 9.59 Å². The van der Waals surface area contributed by atoms with Crippen molar-refractivity contribution < 1.29 is 37.0 Å². The van der Waals surface area contributed by atoms with Crippen molar-refractivity contribution in [2.24, 2.45) is 5.92 Å². The topological polar surface area (TPSA) is 121 Å². The minimum atomic E-state index is -4.56. The summed E-state index contributed by atoms with van der Waals surface area (Å²) in [4.78, 5) is 38.7. The van der Waals surface area contributed by atoms with Crippen molar-refractivity contribution in [1.82, 2.24) is 15.5 Å². The number of nitrogens with zero attached hydrogens (tertiary/aromatic N) is 1. The number of thiophene rings is 1. The minimum Gasteiger partial charge on any atom is -0.444 e. The van der Waals surface area contributed by atoms with Crippen LogP contribution in [0.4, 0.5) is 22.8 Å². The molecule has 1 aliphatic rings. The number of alkyl halides is 3. The first-order valence-electron chi connectivity index (χ1n) is 11.7. The molecule has 3 N–H and O–H groups in total. The van der Waals surface area contributed by atoms with Gasteiger partial charge in [0.05, 0.1) is 12.5 Å². The number of hydrogen-bond acceptors (Lipinski definition) is 7. The predicted molar refractivity (Wildman–Crippen MR) is 134 cm³/mol. The van der Waals surface area contributed by atoms with E-state index in [0.29, 0.717) is 10.4 Å². The Balaban J connectivity index is 1.55. The molecule has 0 radical (unpaired) electrons. The molecule has 38 heavy (non-hydrogen) atoms. The molecule has 0 unspecified atom stereocenters. The van der Waals surface area contributed by atoms with Crippen LogP contribution in [0, 0.1) is 11.3 Å². The van der Waals surface area contributed by atoms with Crippen LogP contribution in [-0.4, -0.2) is 53.2 Å². The number of alkyl carbamates (subject to hydrolysis) is 1. The Morgan fingerprint density at radius 2 is 1.84 bits per heavy atom. The summed E-state index contributed by atoms with van der Waals surface area (Å²) in [6.45, 7) is 4.09. The highest BCUT2D eigenvalue weighted by Crippen LogP contribution is 2.37. The van der Waals surface area contributed by atoms with Gasteiger partial charge in [-0.05, 0) is 38.8 Å². The van der Waals surface area contributed by atoms with Crippen LogP contribution in [0.15, 0.2) is 41.8 Å². The Hall–Kier alpha value is -3.61. The molecular formula is C25H29F3N4O5S. The average molecular weight is 555 g/mol. The van der Waals surface area contributed by atoms with E-state index in [0.717, 1.165) is 10.5 Å². The van der Waals surface area contributed by atoms with Gasteiger partial charge in [0.25, 0.3) is 0 Å². The highest BCUT2D eigenvalue weighted by atomic mass is 32.1. The van der Waals surface area contributed by atoms with Crippen molar-refractivity contribution in [2.75, 3.05) is 6.54 Å². The fourth-order valence-electron chi connectivity index (χ4n) is 3.67. The van der Waals surface area contributed by atoms with E-state index in [1.165, 1.54) is 11.3 Å². The average Bonchev–Trinajstić information content (AvgIpc) is 3.49. The van der Waals surface area contributed by atoms with Gasteiger partial charge in [-0.2, -0.15) is 13.2 Å². The summed E-state index contributed by atoms with van der Waals surface area (Å²) in [5, 5.41) is 14.6. The smallest absolute Gasteiger partial charge is 0.413 e. The van der Waals surface area contributed by atoms with Crippen molar-refractivity contribution in [3.63, 3.8) is 0 Å². The van der Waals surface area contributed by atoms with Gasteiger partial charge >= 0.3 is 18.4 Å². The van der Waals surface area contributed by atoms with Crippen LogP contribution in [0.5, 0.6) is 0 Å². The standard InChI is InChI=1S/C25H29F3N4O5S/c1-24(2,3)37-23(35)32-12-17(25(26,27)28)10-19(32)21(33)30-11-18-9-16(14-38-18)20(29)31-22(34)36-13-15-7-5-4-6-8-15/h4-9,14,17,19H,10-13H2,1-3H3,(H,30,33)(H2,29,31,34)/t17-,19-/m0/s1. The zero-order valence-corrected chi connectivity index (χ0v) is 21.9. The molecular weight excluding hydrogens is 525 g/mol. The van der Waals surface area contributed by atoms with E-state index in [-0.39, 0.29) is 19.0 Å². The lowest BCUT2D eigenvalue weighted by atomic mass is 10.0. The number of hydrogen-bond donors (Lipinski definition) is 3. The van der Waals surface area contributed by atoms with E-state index in [2.05, 4.69) is 10.6 Å². The van der Waals surface area contributed by atoms with Crippen LogP contribution in [0.3, 0.4) is 0 Å². The van der Waals surface area contributed by atoms with E-state index < -0.39 is 54.8 Å². The van der Waals surface area contributed by atoms with E-state index >= 15 is 0 Å². The molecule has 0 bridgehead atoms. The lowest BCUT2D eigenvalue weighted by molar-refractivity contribution is -0.170. The SMILES string of the molecule is CC(C)(C)OC(=O)N1C[C@@H](C(F)(F)F)C[C@H]1C(=O)NCc1cc(C(=N)NC(=O)OCc2ccccc2)cs1. The highest BCUT2D eigenvalue weighted by Gasteiger charge is 2.51. The number of halogens is 3. The van der Waals surface area contributed by atoms with Crippen molar-refractivity contribution in [3.8, 4) is 0 Å². The maximum Gasteiger partial charge on any atom is 0.413 e. The molecule has 1 aliphatic heterocycles. The van der Waals surface area contributed by atoms with E-state index in [1.54, 1.807) is 56.5 Å². The summed E-state index contributed by atoms with van der Waals surface area (Å²) in [6, 6.07) is 9.25. The fourth-order valence-corrected chi connectivity index (χ4v) is 4.49. The Kier molecular flexibility index (Phi) is 9.02. The Bertz CT molecular complexity index is 1160. The lowest BCUT2D eigenvalue weighted by Gasteiger charge is -2.28. The van der Waals surface area contributed by atoms with Crippen molar-refractivity contribution in [2.45, 2.75) is 58.2 Å². The van der Waals surface area contributed by atoms with Crippen LogP contribution in [0.1, 0.15) is 43.2 Å². The van der Waals surface area contributed by atoms with Crippen LogP contribution in [0.2, 0.25) is 0 Å². The number of ether oxygens (including phenoxy) is 2. The third-order valence-electron chi connectivity index (χ3n) is 5.51. The number of rotatable bonds is 6. The number of amides is 3. The maximum atomic E-state index is 13.4. The number of nitrogens with one attached hydrogen (secondary N) is 3. The van der Waals surface area contributed by atoms with E-state index in [9.17, 15) is 27.6 Å². The van der Waals surface area contributed by atoms with Gasteiger partial charge in [-0.3, -0.25) is 20.4 Å². The molecule has 13 heteroatoms. The normalized spacial score (nSPS) is 17.6. The van der Waals surface area contributed by atoms with Gasteiger partial charge in [0.2, 0.25) is 5.91 Å². The summed E-state index contributed by atoms with van der Waals surface area (Å²) in [5.41, 5.74) is 0.218. The number of likely N-dealkylation sites (tertiary alicyclic amines) is 1. The molecule has 0 saturated carbocycles. The second kappa shape index (κ2) is 11.8.